The Balaban J connectivity index is 1.43. The van der Waals surface area contributed by atoms with Crippen LogP contribution in [-0.4, -0.2) is 56.5 Å². The van der Waals surface area contributed by atoms with Crippen molar-refractivity contribution in [2.75, 3.05) is 26.5 Å². The summed E-state index contributed by atoms with van der Waals surface area (Å²) < 4.78 is 7.49. The van der Waals surface area contributed by atoms with E-state index in [9.17, 15) is 4.79 Å². The van der Waals surface area contributed by atoms with Crippen LogP contribution in [0, 0.1) is 0 Å². The number of hydrogen-bond acceptors (Lipinski definition) is 6. The maximum absolute atomic E-state index is 13.1. The highest BCUT2D eigenvalue weighted by Crippen LogP contribution is 2.31. The minimum absolute atomic E-state index is 0.126. The zero-order chi connectivity index (χ0) is 24.5. The molecule has 0 unspecified atom stereocenters. The summed E-state index contributed by atoms with van der Waals surface area (Å²) in [6.07, 6.45) is 1.13. The highest BCUT2D eigenvalue weighted by atomic mass is 16.5. The van der Waals surface area contributed by atoms with E-state index in [1.54, 1.807) is 25.4 Å². The standard InChI is InChI=1S/C26H27N7O2/c1-27-25-21-22(33(3)15-28-21)18-13-20(30-24(18)31-25)19-12-8-11-17(29-19)14-32(2)26(34)23(35-4)16-9-6-5-7-10-16/h5-13,15,23H,14H2,1-4H3,(H2,27,30,31)/t23-/m1/s1. The number of imidazole rings is 1. The van der Waals surface area contributed by atoms with Crippen LogP contribution in [0.1, 0.15) is 17.4 Å². The van der Waals surface area contributed by atoms with Crippen molar-refractivity contribution in [1.29, 1.82) is 0 Å². The molecule has 1 atom stereocenters. The molecule has 0 aliphatic rings. The fourth-order valence-electron chi connectivity index (χ4n) is 4.36. The number of methoxy groups -OCH3 is 1. The number of carbonyl (C=O) groups excluding carboxylic acids is 1. The molecule has 4 heterocycles. The Morgan fingerprint density at radius 1 is 1.17 bits per heavy atom. The molecule has 0 aliphatic heterocycles. The summed E-state index contributed by atoms with van der Waals surface area (Å²) >= 11 is 0. The van der Waals surface area contributed by atoms with E-state index in [1.165, 1.54) is 0 Å². The molecule has 0 bridgehead atoms. The molecule has 2 N–H and O–H groups in total. The zero-order valence-electron chi connectivity index (χ0n) is 20.1. The van der Waals surface area contributed by atoms with Gasteiger partial charge in [0, 0.05) is 33.6 Å². The molecule has 35 heavy (non-hydrogen) atoms. The fourth-order valence-corrected chi connectivity index (χ4v) is 4.36. The summed E-state index contributed by atoms with van der Waals surface area (Å²) in [5.41, 5.74) is 5.78. The lowest BCUT2D eigenvalue weighted by atomic mass is 10.1. The van der Waals surface area contributed by atoms with Gasteiger partial charge in [-0.15, -0.1) is 0 Å². The number of aromatic nitrogens is 5. The molecule has 0 fully saturated rings. The Kier molecular flexibility index (Phi) is 5.92. The average molecular weight is 470 g/mol. The van der Waals surface area contributed by atoms with Crippen molar-refractivity contribution in [2.24, 2.45) is 7.05 Å². The maximum atomic E-state index is 13.1. The second kappa shape index (κ2) is 9.19. The third-order valence-electron chi connectivity index (χ3n) is 6.09. The number of hydrogen-bond donors (Lipinski definition) is 2. The molecule has 5 rings (SSSR count). The van der Waals surface area contributed by atoms with Crippen LogP contribution in [0.4, 0.5) is 5.82 Å². The van der Waals surface area contributed by atoms with Gasteiger partial charge >= 0.3 is 0 Å². The highest BCUT2D eigenvalue weighted by Gasteiger charge is 2.24. The first-order chi connectivity index (χ1) is 17.0. The normalized spacial score (nSPS) is 12.2. The predicted octanol–water partition coefficient (Wildman–Crippen LogP) is 3.90. The third kappa shape index (κ3) is 4.10. The van der Waals surface area contributed by atoms with Crippen molar-refractivity contribution >= 4 is 33.8 Å². The largest absolute Gasteiger partial charge is 0.371 e. The SMILES string of the molecule is CNc1nc2[nH]c(-c3cccc(CN(C)C(=O)[C@H](OC)c4ccccc4)n3)cc2c2c1ncn2C. The van der Waals surface area contributed by atoms with E-state index in [2.05, 4.69) is 15.3 Å². The number of fused-ring (bicyclic) bond motifs is 3. The van der Waals surface area contributed by atoms with Crippen LogP contribution in [0.2, 0.25) is 0 Å². The Morgan fingerprint density at radius 2 is 1.97 bits per heavy atom. The lowest BCUT2D eigenvalue weighted by Gasteiger charge is -2.23. The minimum atomic E-state index is -0.660. The molecule has 0 saturated heterocycles. The molecule has 0 spiro atoms. The van der Waals surface area contributed by atoms with Gasteiger partial charge in [0.25, 0.3) is 5.91 Å². The second-order valence-corrected chi connectivity index (χ2v) is 8.44. The van der Waals surface area contributed by atoms with E-state index < -0.39 is 6.10 Å². The van der Waals surface area contributed by atoms with Crippen LogP contribution in [0.3, 0.4) is 0 Å². The van der Waals surface area contributed by atoms with Crippen LogP contribution in [0.5, 0.6) is 0 Å². The number of likely N-dealkylation sites (N-methyl/N-ethyl adjacent to an activating group) is 1. The summed E-state index contributed by atoms with van der Waals surface area (Å²) in [4.78, 5) is 32.1. The van der Waals surface area contributed by atoms with E-state index in [0.717, 1.165) is 50.5 Å². The number of nitrogens with zero attached hydrogens (tertiary/aromatic N) is 5. The molecule has 0 saturated carbocycles. The van der Waals surface area contributed by atoms with Gasteiger partial charge in [-0.2, -0.15) is 0 Å². The number of aryl methyl sites for hydroxylation is 1. The van der Waals surface area contributed by atoms with E-state index in [0.29, 0.717) is 6.54 Å². The quantitative estimate of drug-likeness (QED) is 0.375. The summed E-state index contributed by atoms with van der Waals surface area (Å²) in [5.74, 6) is 0.591. The number of nitrogens with one attached hydrogen (secondary N) is 2. The van der Waals surface area contributed by atoms with Crippen LogP contribution in [0.15, 0.2) is 60.9 Å². The van der Waals surface area contributed by atoms with Gasteiger partial charge in [-0.25, -0.2) is 15.0 Å². The monoisotopic (exact) mass is 469 g/mol. The number of amides is 1. The first kappa shape index (κ1) is 22.5. The zero-order valence-corrected chi connectivity index (χ0v) is 20.1. The number of anilines is 1. The van der Waals surface area contributed by atoms with Gasteiger partial charge in [0.2, 0.25) is 0 Å². The molecule has 178 valence electrons. The van der Waals surface area contributed by atoms with E-state index in [-0.39, 0.29) is 5.91 Å². The molecule has 0 aliphatic carbocycles. The van der Waals surface area contributed by atoms with Gasteiger partial charge in [-0.3, -0.25) is 4.79 Å². The van der Waals surface area contributed by atoms with Gasteiger partial charge in [0.15, 0.2) is 11.9 Å². The summed E-state index contributed by atoms with van der Waals surface area (Å²) in [5, 5.41) is 4.09. The Labute approximate surface area is 202 Å². The van der Waals surface area contributed by atoms with Crippen molar-refractivity contribution in [3.05, 3.63) is 72.2 Å². The minimum Gasteiger partial charge on any atom is -0.371 e. The van der Waals surface area contributed by atoms with Crippen molar-refractivity contribution < 1.29 is 9.53 Å². The lowest BCUT2D eigenvalue weighted by Crippen LogP contribution is -2.32. The van der Waals surface area contributed by atoms with Crippen LogP contribution >= 0.6 is 0 Å². The number of benzene rings is 1. The average Bonchev–Trinajstić information content (AvgIpc) is 3.48. The second-order valence-electron chi connectivity index (χ2n) is 8.44. The van der Waals surface area contributed by atoms with Gasteiger partial charge < -0.3 is 24.5 Å². The van der Waals surface area contributed by atoms with E-state index in [4.69, 9.17) is 14.7 Å². The molecule has 4 aromatic heterocycles. The predicted molar refractivity (Wildman–Crippen MR) is 136 cm³/mol. The molecular weight excluding hydrogens is 442 g/mol. The Bertz CT molecular complexity index is 1510. The van der Waals surface area contributed by atoms with E-state index in [1.807, 2.05) is 73.3 Å². The number of pyridine rings is 2. The van der Waals surface area contributed by atoms with Crippen molar-refractivity contribution in [2.45, 2.75) is 12.6 Å². The van der Waals surface area contributed by atoms with Crippen molar-refractivity contribution in [3.63, 3.8) is 0 Å². The molecule has 1 amide bonds. The van der Waals surface area contributed by atoms with Crippen LogP contribution < -0.4 is 5.32 Å². The molecule has 5 aromatic rings. The summed E-state index contributed by atoms with van der Waals surface area (Å²) in [6.45, 7) is 0.355. The van der Waals surface area contributed by atoms with Gasteiger partial charge in [0.05, 0.1) is 35.5 Å². The number of H-pyrrole nitrogens is 1. The van der Waals surface area contributed by atoms with Gasteiger partial charge in [-0.05, 0) is 23.8 Å². The Morgan fingerprint density at radius 3 is 2.71 bits per heavy atom. The number of rotatable bonds is 7. The molecular formula is C26H27N7O2. The highest BCUT2D eigenvalue weighted by molar-refractivity contribution is 6.07. The lowest BCUT2D eigenvalue weighted by molar-refractivity contribution is -0.141. The third-order valence-corrected chi connectivity index (χ3v) is 6.09. The van der Waals surface area contributed by atoms with Crippen LogP contribution in [0.25, 0.3) is 33.5 Å². The molecule has 1 aromatic carbocycles. The van der Waals surface area contributed by atoms with E-state index >= 15 is 0 Å². The van der Waals surface area contributed by atoms with Gasteiger partial charge in [-0.1, -0.05) is 36.4 Å². The molecule has 9 nitrogen and oxygen atoms in total. The summed E-state index contributed by atoms with van der Waals surface area (Å²) in [7, 11) is 7.11. The smallest absolute Gasteiger partial charge is 0.256 e. The topological polar surface area (TPSA) is 101 Å². The first-order valence-electron chi connectivity index (χ1n) is 11.3. The molecule has 9 heteroatoms. The number of aromatic amines is 1. The first-order valence-corrected chi connectivity index (χ1v) is 11.3. The van der Waals surface area contributed by atoms with Crippen molar-refractivity contribution in [3.8, 4) is 11.4 Å². The number of carbonyl (C=O) groups is 1. The number of ether oxygens (including phenoxy) is 1. The Hall–Kier alpha value is -4.24. The maximum Gasteiger partial charge on any atom is 0.256 e. The fraction of sp³-hybridized carbons (Fsp3) is 0.231. The van der Waals surface area contributed by atoms with Gasteiger partial charge in [0.1, 0.15) is 11.2 Å². The summed E-state index contributed by atoms with van der Waals surface area (Å²) in [6, 6.07) is 17.3. The van der Waals surface area contributed by atoms with Crippen molar-refractivity contribution in [1.82, 2.24) is 29.4 Å². The van der Waals surface area contributed by atoms with Crippen LogP contribution in [-0.2, 0) is 23.1 Å². The molecule has 0 radical (unpaired) electrons.